The molecule has 0 saturated heterocycles. The Morgan fingerprint density at radius 2 is 1.85 bits per heavy atom. The molecule has 2 amide bonds. The van der Waals surface area contributed by atoms with E-state index in [1.165, 1.54) is 25.4 Å². The molecule has 1 atom stereocenters. The third-order valence-electron chi connectivity index (χ3n) is 4.31. The van der Waals surface area contributed by atoms with Gasteiger partial charge in [-0.2, -0.15) is 0 Å². The van der Waals surface area contributed by atoms with Crippen LogP contribution in [0.25, 0.3) is 10.4 Å². The number of aryl methyl sites for hydroxylation is 1. The van der Waals surface area contributed by atoms with E-state index in [2.05, 4.69) is 10.6 Å². The van der Waals surface area contributed by atoms with Gasteiger partial charge in [-0.3, -0.25) is 4.79 Å². The number of carbonyl (C=O) groups is 2. The van der Waals surface area contributed by atoms with E-state index in [9.17, 15) is 33.4 Å². The molecule has 0 aliphatic carbocycles. The molecule has 0 aliphatic heterocycles. The van der Waals surface area contributed by atoms with E-state index >= 15 is 0 Å². The zero-order valence-corrected chi connectivity index (χ0v) is 22.8. The fourth-order valence-electron chi connectivity index (χ4n) is 2.80. The molecule has 162 valence electrons. The predicted octanol–water partition coefficient (Wildman–Crippen LogP) is -4.52. The van der Waals surface area contributed by atoms with Crippen molar-refractivity contribution in [1.82, 2.24) is 9.88 Å². The van der Waals surface area contributed by atoms with Crippen LogP contribution in [0, 0.1) is 11.6 Å². The number of nitrogens with one attached hydrogen (secondary N) is 2. The van der Waals surface area contributed by atoms with Crippen molar-refractivity contribution in [3.8, 4) is 16.2 Å². The first kappa shape index (κ1) is 29.3. The van der Waals surface area contributed by atoms with Crippen LogP contribution < -0.4 is 85.5 Å². The standard InChI is InChI=1S/C20H17F2N3O5S.2Na/c1-25-7-6-14(26)18(19(25)29)24-20(30)23-13(9-17(27)28)16-5-4-15(31-16)11-8-10(21)2-3-12(11)22;;/h2-8,13,26H,9H2,1H3,(H,27,28)(H2,23,24,30);;/q;2*+1/p-2/t13-;;/m0../s1. The molecule has 2 N–H and O–H groups in total. The zero-order valence-electron chi connectivity index (χ0n) is 18.0. The number of anilines is 1. The van der Waals surface area contributed by atoms with Crippen molar-refractivity contribution < 1.29 is 87.7 Å². The number of hydrogen-bond donors (Lipinski definition) is 2. The summed E-state index contributed by atoms with van der Waals surface area (Å²) in [6.07, 6.45) is 0.613. The molecule has 13 heteroatoms. The van der Waals surface area contributed by atoms with Crippen molar-refractivity contribution in [2.75, 3.05) is 5.32 Å². The zero-order chi connectivity index (χ0) is 22.7. The van der Waals surface area contributed by atoms with Crippen molar-refractivity contribution in [3.05, 3.63) is 69.5 Å². The smallest absolute Gasteiger partial charge is 0.871 e. The minimum Gasteiger partial charge on any atom is -0.871 e. The van der Waals surface area contributed by atoms with E-state index < -0.39 is 53.1 Å². The van der Waals surface area contributed by atoms with Gasteiger partial charge in [0, 0.05) is 41.0 Å². The summed E-state index contributed by atoms with van der Waals surface area (Å²) in [5.41, 5.74) is -1.25. The number of aromatic nitrogens is 1. The van der Waals surface area contributed by atoms with Gasteiger partial charge in [-0.25, -0.2) is 13.6 Å². The molecule has 2 heterocycles. The number of carboxylic acid groups (broad SMARTS) is 1. The second-order valence-corrected chi connectivity index (χ2v) is 7.64. The number of hydrogen-bond acceptors (Lipinski definition) is 6. The Morgan fingerprint density at radius 1 is 1.15 bits per heavy atom. The first-order chi connectivity index (χ1) is 14.7. The number of carbonyl (C=O) groups excluding carboxylic acids is 2. The first-order valence-electron chi connectivity index (χ1n) is 8.85. The summed E-state index contributed by atoms with van der Waals surface area (Å²) in [7, 11) is 1.39. The van der Waals surface area contributed by atoms with Crippen molar-refractivity contribution in [2.24, 2.45) is 7.05 Å². The second-order valence-electron chi connectivity index (χ2n) is 6.52. The number of nitrogens with zero attached hydrogens (tertiary/aromatic N) is 1. The summed E-state index contributed by atoms with van der Waals surface area (Å²) >= 11 is 0.948. The Morgan fingerprint density at radius 3 is 2.52 bits per heavy atom. The molecule has 0 bridgehead atoms. The van der Waals surface area contributed by atoms with Gasteiger partial charge in [-0.1, -0.05) is 11.8 Å². The summed E-state index contributed by atoms with van der Waals surface area (Å²) in [5, 5.41) is 27.5. The molecule has 0 fully saturated rings. The van der Waals surface area contributed by atoms with Crippen LogP contribution in [0.15, 0.2) is 47.4 Å². The summed E-state index contributed by atoms with van der Waals surface area (Å²) < 4.78 is 28.6. The molecule has 0 radical (unpaired) electrons. The van der Waals surface area contributed by atoms with Crippen LogP contribution in [0.2, 0.25) is 0 Å². The molecule has 3 aromatic rings. The molecule has 8 nitrogen and oxygen atoms in total. The van der Waals surface area contributed by atoms with Crippen LogP contribution in [0.5, 0.6) is 5.75 Å². The average molecular weight is 493 g/mol. The number of amides is 2. The van der Waals surface area contributed by atoms with Crippen molar-refractivity contribution in [3.63, 3.8) is 0 Å². The molecule has 0 saturated carbocycles. The molecular weight excluding hydrogens is 478 g/mol. The van der Waals surface area contributed by atoms with Crippen molar-refractivity contribution in [2.45, 2.75) is 12.5 Å². The molecule has 33 heavy (non-hydrogen) atoms. The van der Waals surface area contributed by atoms with Crippen LogP contribution in [0.3, 0.4) is 0 Å². The number of rotatable bonds is 6. The molecule has 1 aromatic carbocycles. The van der Waals surface area contributed by atoms with Gasteiger partial charge in [0.05, 0.1) is 6.04 Å². The Hall–Kier alpha value is -1.73. The van der Waals surface area contributed by atoms with E-state index in [0.717, 1.165) is 40.2 Å². The van der Waals surface area contributed by atoms with Gasteiger partial charge in [0.2, 0.25) is 0 Å². The predicted molar refractivity (Wildman–Crippen MR) is 105 cm³/mol. The normalized spacial score (nSPS) is 11.0. The van der Waals surface area contributed by atoms with E-state index in [0.29, 0.717) is 9.75 Å². The largest absolute Gasteiger partial charge is 1.00 e. The fourth-order valence-corrected chi connectivity index (χ4v) is 3.87. The minimum absolute atomic E-state index is 0. The third-order valence-corrected chi connectivity index (χ3v) is 5.54. The number of carboxylic acids is 1. The van der Waals surface area contributed by atoms with Crippen LogP contribution in [-0.4, -0.2) is 16.6 Å². The maximum Gasteiger partial charge on any atom is 1.00 e. The monoisotopic (exact) mass is 493 g/mol. The van der Waals surface area contributed by atoms with Crippen molar-refractivity contribution in [1.29, 1.82) is 0 Å². The number of halogens is 2. The Balaban J connectivity index is 0.00000272. The summed E-state index contributed by atoms with van der Waals surface area (Å²) in [4.78, 5) is 36.2. The van der Waals surface area contributed by atoms with Gasteiger partial charge in [0.1, 0.15) is 17.3 Å². The van der Waals surface area contributed by atoms with Gasteiger partial charge in [-0.15, -0.1) is 11.3 Å². The second kappa shape index (κ2) is 12.7. The number of aliphatic carboxylic acids is 1. The maximum absolute atomic E-state index is 14.0. The van der Waals surface area contributed by atoms with Crippen LogP contribution >= 0.6 is 11.3 Å². The number of benzene rings is 1. The van der Waals surface area contributed by atoms with E-state index in [4.69, 9.17) is 0 Å². The SMILES string of the molecule is Cn1ccc([O-])c(NC(=O)N[C@@H](CC(=O)[O-])c2ccc(-c3cc(F)ccc3F)s2)c1=O.[Na+].[Na+]. The number of thiophene rings is 1. The molecule has 0 aliphatic rings. The van der Waals surface area contributed by atoms with Gasteiger partial charge >= 0.3 is 65.1 Å². The molecule has 0 spiro atoms. The molecule has 0 unspecified atom stereocenters. The van der Waals surface area contributed by atoms with Gasteiger partial charge < -0.3 is 30.2 Å². The van der Waals surface area contributed by atoms with Crippen LogP contribution in [-0.2, 0) is 11.8 Å². The summed E-state index contributed by atoms with van der Waals surface area (Å²) in [6.45, 7) is 0. The number of urea groups is 1. The average Bonchev–Trinajstić information content (AvgIpc) is 3.19. The Kier molecular flexibility index (Phi) is 11.2. The van der Waals surface area contributed by atoms with Gasteiger partial charge in [0.25, 0.3) is 5.56 Å². The summed E-state index contributed by atoms with van der Waals surface area (Å²) in [5.74, 6) is -3.50. The topological polar surface area (TPSA) is 126 Å². The third kappa shape index (κ3) is 7.38. The van der Waals surface area contributed by atoms with Crippen LogP contribution in [0.4, 0.5) is 19.3 Å². The van der Waals surface area contributed by atoms with Gasteiger partial charge in [0.15, 0.2) is 0 Å². The Labute approximate surface area is 235 Å². The van der Waals surface area contributed by atoms with E-state index in [1.54, 1.807) is 0 Å². The minimum atomic E-state index is -1.47. The number of pyridine rings is 1. The first-order valence-corrected chi connectivity index (χ1v) is 9.66. The fraction of sp³-hybridized carbons (Fsp3) is 0.150. The van der Waals surface area contributed by atoms with E-state index in [1.807, 2.05) is 0 Å². The Bertz CT molecular complexity index is 1220. The van der Waals surface area contributed by atoms with Gasteiger partial charge in [-0.05, 0) is 30.3 Å². The quantitative estimate of drug-likeness (QED) is 0.335. The van der Waals surface area contributed by atoms with E-state index in [-0.39, 0.29) is 64.7 Å². The van der Waals surface area contributed by atoms with Crippen molar-refractivity contribution >= 4 is 29.0 Å². The molecule has 3 rings (SSSR count). The van der Waals surface area contributed by atoms with Crippen LogP contribution in [0.1, 0.15) is 17.3 Å². The summed E-state index contributed by atoms with van der Waals surface area (Å²) in [6, 6.07) is 4.85. The molecule has 2 aromatic heterocycles. The molecular formula is C20H15F2N3Na2O5S. The maximum atomic E-state index is 14.0.